The second kappa shape index (κ2) is 5.00. The van der Waals surface area contributed by atoms with Crippen LogP contribution in [0.1, 0.15) is 58.3 Å². The van der Waals surface area contributed by atoms with Gasteiger partial charge in [0, 0.05) is 18.5 Å². The molecule has 1 amide bonds. The summed E-state index contributed by atoms with van der Waals surface area (Å²) in [5.41, 5.74) is 0. The van der Waals surface area contributed by atoms with E-state index in [-0.39, 0.29) is 0 Å². The molecular formula is C13H23NO. The molecule has 0 aromatic heterocycles. The van der Waals surface area contributed by atoms with Gasteiger partial charge in [-0.3, -0.25) is 4.79 Å². The van der Waals surface area contributed by atoms with Gasteiger partial charge < -0.3 is 4.90 Å². The maximum Gasteiger partial charge on any atom is 0.225 e. The van der Waals surface area contributed by atoms with Crippen LogP contribution >= 0.6 is 0 Å². The largest absolute Gasteiger partial charge is 0.339 e. The lowest BCUT2D eigenvalue weighted by Crippen LogP contribution is -2.38. The quantitative estimate of drug-likeness (QED) is 0.699. The van der Waals surface area contributed by atoms with Crippen molar-refractivity contribution in [3.63, 3.8) is 0 Å². The number of hydrogen-bond acceptors (Lipinski definition) is 1. The van der Waals surface area contributed by atoms with Crippen molar-refractivity contribution in [2.75, 3.05) is 6.54 Å². The van der Waals surface area contributed by atoms with Crippen molar-refractivity contribution in [3.8, 4) is 0 Å². The molecule has 2 nitrogen and oxygen atoms in total. The van der Waals surface area contributed by atoms with Gasteiger partial charge in [0.15, 0.2) is 0 Å². The first-order valence-corrected chi connectivity index (χ1v) is 6.63. The molecule has 1 saturated heterocycles. The van der Waals surface area contributed by atoms with Crippen LogP contribution in [-0.4, -0.2) is 23.4 Å². The van der Waals surface area contributed by atoms with Crippen molar-refractivity contribution in [2.24, 2.45) is 5.92 Å². The third kappa shape index (κ3) is 2.35. The first kappa shape index (κ1) is 11.0. The van der Waals surface area contributed by atoms with Crippen LogP contribution in [0.4, 0.5) is 0 Å². The molecule has 0 aromatic rings. The molecule has 1 saturated carbocycles. The van der Waals surface area contributed by atoms with Crippen molar-refractivity contribution >= 4 is 5.91 Å². The zero-order valence-corrected chi connectivity index (χ0v) is 9.87. The van der Waals surface area contributed by atoms with Gasteiger partial charge in [-0.15, -0.1) is 0 Å². The maximum atomic E-state index is 12.1. The second-order valence-electron chi connectivity index (χ2n) is 5.10. The van der Waals surface area contributed by atoms with E-state index in [9.17, 15) is 4.79 Å². The molecule has 15 heavy (non-hydrogen) atoms. The first-order chi connectivity index (χ1) is 7.33. The molecule has 0 spiro atoms. The number of nitrogens with zero attached hydrogens (tertiary/aromatic N) is 1. The Morgan fingerprint density at radius 2 is 1.93 bits per heavy atom. The fraction of sp³-hybridized carbons (Fsp3) is 0.923. The van der Waals surface area contributed by atoms with Crippen LogP contribution in [0.15, 0.2) is 0 Å². The number of likely N-dealkylation sites (tertiary alicyclic amines) is 1. The summed E-state index contributed by atoms with van der Waals surface area (Å²) >= 11 is 0. The smallest absolute Gasteiger partial charge is 0.225 e. The average molecular weight is 209 g/mol. The highest BCUT2D eigenvalue weighted by molar-refractivity contribution is 5.81. The number of amides is 1. The van der Waals surface area contributed by atoms with Crippen molar-refractivity contribution < 1.29 is 4.79 Å². The van der Waals surface area contributed by atoms with Crippen LogP contribution in [0.2, 0.25) is 0 Å². The molecule has 0 N–H and O–H groups in total. The fourth-order valence-corrected chi connectivity index (χ4v) is 3.13. The van der Waals surface area contributed by atoms with Crippen molar-refractivity contribution in [1.82, 2.24) is 4.90 Å². The minimum absolute atomic E-state index is 0.358. The third-order valence-corrected chi connectivity index (χ3v) is 4.00. The Kier molecular flexibility index (Phi) is 3.66. The number of rotatable bonds is 3. The van der Waals surface area contributed by atoms with E-state index in [1.807, 2.05) is 0 Å². The van der Waals surface area contributed by atoms with Gasteiger partial charge in [0.05, 0.1) is 0 Å². The topological polar surface area (TPSA) is 20.3 Å². The summed E-state index contributed by atoms with van der Waals surface area (Å²) in [6.07, 6.45) is 9.89. The molecule has 0 radical (unpaired) electrons. The molecule has 1 aliphatic heterocycles. The Bertz CT molecular complexity index is 221. The molecule has 1 atom stereocenters. The van der Waals surface area contributed by atoms with E-state index >= 15 is 0 Å². The van der Waals surface area contributed by atoms with Crippen molar-refractivity contribution in [3.05, 3.63) is 0 Å². The minimum atomic E-state index is 0.358. The van der Waals surface area contributed by atoms with Gasteiger partial charge in [0.1, 0.15) is 0 Å². The van der Waals surface area contributed by atoms with Gasteiger partial charge in [0.2, 0.25) is 5.91 Å². The van der Waals surface area contributed by atoms with Crippen LogP contribution in [0, 0.1) is 5.92 Å². The van der Waals surface area contributed by atoms with E-state index in [1.54, 1.807) is 0 Å². The van der Waals surface area contributed by atoms with Crippen molar-refractivity contribution in [2.45, 2.75) is 64.3 Å². The molecule has 1 aliphatic carbocycles. The lowest BCUT2D eigenvalue weighted by Gasteiger charge is -2.31. The van der Waals surface area contributed by atoms with Crippen LogP contribution in [0.3, 0.4) is 0 Å². The Labute approximate surface area is 93.0 Å². The van der Waals surface area contributed by atoms with Gasteiger partial charge in [-0.1, -0.05) is 32.6 Å². The first-order valence-electron chi connectivity index (χ1n) is 6.63. The number of hydrogen-bond donors (Lipinski definition) is 0. The molecule has 2 heteroatoms. The Morgan fingerprint density at radius 3 is 2.60 bits per heavy atom. The van der Waals surface area contributed by atoms with Gasteiger partial charge in [0.25, 0.3) is 0 Å². The number of carbonyl (C=O) groups is 1. The lowest BCUT2D eigenvalue weighted by atomic mass is 9.94. The van der Waals surface area contributed by atoms with E-state index in [0.29, 0.717) is 17.9 Å². The molecule has 0 bridgehead atoms. The highest BCUT2D eigenvalue weighted by Crippen LogP contribution is 2.30. The third-order valence-electron chi connectivity index (χ3n) is 4.00. The summed E-state index contributed by atoms with van der Waals surface area (Å²) in [6.45, 7) is 3.21. The maximum absolute atomic E-state index is 12.1. The highest BCUT2D eigenvalue weighted by atomic mass is 16.2. The molecule has 86 valence electrons. The van der Waals surface area contributed by atoms with Crippen LogP contribution in [-0.2, 0) is 4.79 Å². The second-order valence-corrected chi connectivity index (χ2v) is 5.10. The zero-order valence-electron chi connectivity index (χ0n) is 9.87. The molecule has 1 heterocycles. The van der Waals surface area contributed by atoms with Gasteiger partial charge in [-0.2, -0.15) is 0 Å². The van der Waals surface area contributed by atoms with Gasteiger partial charge >= 0.3 is 0 Å². The summed E-state index contributed by atoms with van der Waals surface area (Å²) in [5, 5.41) is 0. The SMILES string of the molecule is CCCC1CCN(C2CCCCC2)C1=O. The van der Waals surface area contributed by atoms with E-state index in [4.69, 9.17) is 0 Å². The van der Waals surface area contributed by atoms with E-state index in [1.165, 1.54) is 32.1 Å². The predicted molar refractivity (Wildman–Crippen MR) is 61.6 cm³/mol. The molecule has 2 fully saturated rings. The van der Waals surface area contributed by atoms with Gasteiger partial charge in [-0.25, -0.2) is 0 Å². The van der Waals surface area contributed by atoms with E-state index in [2.05, 4.69) is 11.8 Å². The minimum Gasteiger partial charge on any atom is -0.339 e. The highest BCUT2D eigenvalue weighted by Gasteiger charge is 2.35. The average Bonchev–Trinajstić information content (AvgIpc) is 2.63. The van der Waals surface area contributed by atoms with E-state index < -0.39 is 0 Å². The predicted octanol–water partition coefficient (Wildman–Crippen LogP) is 2.97. The monoisotopic (exact) mass is 209 g/mol. The summed E-state index contributed by atoms with van der Waals surface area (Å²) in [4.78, 5) is 14.3. The number of carbonyl (C=O) groups excluding carboxylic acids is 1. The Morgan fingerprint density at radius 1 is 1.20 bits per heavy atom. The van der Waals surface area contributed by atoms with Gasteiger partial charge in [-0.05, 0) is 25.7 Å². The standard InChI is InChI=1S/C13H23NO/c1-2-6-11-9-10-14(13(11)15)12-7-4-3-5-8-12/h11-12H,2-10H2,1H3. The Hall–Kier alpha value is -0.530. The summed E-state index contributed by atoms with van der Waals surface area (Å²) in [5.74, 6) is 0.820. The van der Waals surface area contributed by atoms with Crippen LogP contribution in [0.25, 0.3) is 0 Å². The normalized spacial score (nSPS) is 28.7. The van der Waals surface area contributed by atoms with Crippen molar-refractivity contribution in [1.29, 1.82) is 0 Å². The lowest BCUT2D eigenvalue weighted by molar-refractivity contribution is -0.133. The molecule has 2 rings (SSSR count). The summed E-state index contributed by atoms with van der Waals surface area (Å²) < 4.78 is 0. The Balaban J connectivity index is 1.90. The van der Waals surface area contributed by atoms with Crippen LogP contribution < -0.4 is 0 Å². The van der Waals surface area contributed by atoms with Crippen LogP contribution in [0.5, 0.6) is 0 Å². The van der Waals surface area contributed by atoms with E-state index in [0.717, 1.165) is 25.8 Å². The zero-order chi connectivity index (χ0) is 10.7. The molecule has 1 unspecified atom stereocenters. The summed E-state index contributed by atoms with van der Waals surface area (Å²) in [6, 6.07) is 0.591. The summed E-state index contributed by atoms with van der Waals surface area (Å²) in [7, 11) is 0. The molecular weight excluding hydrogens is 186 g/mol. The molecule has 2 aliphatic rings. The fourth-order valence-electron chi connectivity index (χ4n) is 3.13. The molecule has 0 aromatic carbocycles.